The van der Waals surface area contributed by atoms with E-state index in [1.807, 2.05) is 26.8 Å². The number of rotatable bonds is 6. The number of fused-ring (bicyclic) bond motifs is 1. The quantitative estimate of drug-likeness (QED) is 0.581. The molecule has 0 saturated carbocycles. The van der Waals surface area contributed by atoms with E-state index in [1.165, 1.54) is 6.08 Å². The molecule has 29 heavy (non-hydrogen) atoms. The number of carbonyl (C=O) groups excluding carboxylic acids is 2. The Morgan fingerprint density at radius 1 is 1.31 bits per heavy atom. The van der Waals surface area contributed by atoms with Crippen molar-refractivity contribution in [2.75, 3.05) is 44.7 Å². The van der Waals surface area contributed by atoms with Gasteiger partial charge in [0, 0.05) is 44.0 Å². The second-order valence-electron chi connectivity index (χ2n) is 8.30. The molecule has 1 fully saturated rings. The zero-order valence-corrected chi connectivity index (χ0v) is 17.4. The number of urea groups is 1. The van der Waals surface area contributed by atoms with E-state index >= 15 is 0 Å². The van der Waals surface area contributed by atoms with Gasteiger partial charge < -0.3 is 14.4 Å². The van der Waals surface area contributed by atoms with E-state index in [2.05, 4.69) is 15.2 Å². The van der Waals surface area contributed by atoms with E-state index in [0.717, 1.165) is 50.4 Å². The standard InChI is InChI=1S/C21H30N4O4/c1-21(2,3)29-18(26)6-5-16-13-17-15-25(20(27)23-19(17)22-14-16)8-4-7-24-9-11-28-12-10-24/h5-6,13-14H,4,7-12,15H2,1-3H3,(H,22,23,27). The summed E-state index contributed by atoms with van der Waals surface area (Å²) in [6, 6.07) is 1.82. The van der Waals surface area contributed by atoms with Crippen LogP contribution in [0.4, 0.5) is 10.6 Å². The molecule has 8 nitrogen and oxygen atoms in total. The second-order valence-corrected chi connectivity index (χ2v) is 8.30. The Morgan fingerprint density at radius 2 is 2.07 bits per heavy atom. The van der Waals surface area contributed by atoms with Crippen LogP contribution in [-0.4, -0.2) is 71.8 Å². The minimum atomic E-state index is -0.526. The predicted octanol–water partition coefficient (Wildman–Crippen LogP) is 2.51. The third-order valence-electron chi connectivity index (χ3n) is 4.69. The van der Waals surface area contributed by atoms with Crippen LogP contribution in [0.25, 0.3) is 6.08 Å². The van der Waals surface area contributed by atoms with Crippen LogP contribution in [0.2, 0.25) is 0 Å². The molecule has 2 amide bonds. The van der Waals surface area contributed by atoms with Gasteiger partial charge >= 0.3 is 12.0 Å². The number of nitrogens with one attached hydrogen (secondary N) is 1. The van der Waals surface area contributed by atoms with Gasteiger partial charge in [0.15, 0.2) is 0 Å². The number of anilines is 1. The molecule has 0 unspecified atom stereocenters. The highest BCUT2D eigenvalue weighted by Crippen LogP contribution is 2.23. The van der Waals surface area contributed by atoms with Gasteiger partial charge in [-0.05, 0) is 44.9 Å². The molecule has 1 aromatic heterocycles. The number of pyridine rings is 1. The van der Waals surface area contributed by atoms with E-state index in [0.29, 0.717) is 18.9 Å². The van der Waals surface area contributed by atoms with Gasteiger partial charge in [-0.25, -0.2) is 14.6 Å². The third kappa shape index (κ3) is 6.54. The largest absolute Gasteiger partial charge is 0.457 e. The maximum Gasteiger partial charge on any atom is 0.331 e. The van der Waals surface area contributed by atoms with Crippen molar-refractivity contribution in [2.24, 2.45) is 0 Å². The molecular weight excluding hydrogens is 372 g/mol. The van der Waals surface area contributed by atoms with Crippen LogP contribution in [0.3, 0.4) is 0 Å². The lowest BCUT2D eigenvalue weighted by Crippen LogP contribution is -2.42. The number of esters is 1. The fraction of sp³-hybridized carbons (Fsp3) is 0.571. The van der Waals surface area contributed by atoms with E-state index < -0.39 is 11.6 Å². The second kappa shape index (κ2) is 9.37. The molecule has 3 rings (SSSR count). The number of hydrogen-bond acceptors (Lipinski definition) is 6. The van der Waals surface area contributed by atoms with Crippen LogP contribution in [0.5, 0.6) is 0 Å². The number of nitrogens with zero attached hydrogens (tertiary/aromatic N) is 3. The van der Waals surface area contributed by atoms with Crippen molar-refractivity contribution >= 4 is 23.9 Å². The molecule has 158 valence electrons. The molecule has 2 aliphatic heterocycles. The highest BCUT2D eigenvalue weighted by atomic mass is 16.6. The van der Waals surface area contributed by atoms with E-state index in [1.54, 1.807) is 17.2 Å². The number of amides is 2. The number of ether oxygens (including phenoxy) is 2. The van der Waals surface area contributed by atoms with Crippen LogP contribution < -0.4 is 5.32 Å². The van der Waals surface area contributed by atoms with Crippen LogP contribution in [0, 0.1) is 0 Å². The smallest absolute Gasteiger partial charge is 0.331 e. The van der Waals surface area contributed by atoms with E-state index in [9.17, 15) is 9.59 Å². The number of carbonyl (C=O) groups is 2. The Morgan fingerprint density at radius 3 is 2.79 bits per heavy atom. The van der Waals surface area contributed by atoms with Crippen molar-refractivity contribution in [3.05, 3.63) is 29.5 Å². The van der Waals surface area contributed by atoms with Crippen LogP contribution in [0.1, 0.15) is 38.3 Å². The molecular formula is C21H30N4O4. The Hall–Kier alpha value is -2.45. The van der Waals surface area contributed by atoms with Crippen molar-refractivity contribution in [3.8, 4) is 0 Å². The molecule has 8 heteroatoms. The number of aromatic nitrogens is 1. The van der Waals surface area contributed by atoms with Gasteiger partial charge in [-0.3, -0.25) is 10.2 Å². The third-order valence-corrected chi connectivity index (χ3v) is 4.69. The highest BCUT2D eigenvalue weighted by Gasteiger charge is 2.23. The van der Waals surface area contributed by atoms with Gasteiger partial charge in [0.05, 0.1) is 19.8 Å². The average molecular weight is 402 g/mol. The Bertz CT molecular complexity index is 766. The Kier molecular flexibility index (Phi) is 6.87. The molecule has 0 radical (unpaired) electrons. The van der Waals surface area contributed by atoms with Gasteiger partial charge in [0.1, 0.15) is 11.4 Å². The average Bonchev–Trinajstić information content (AvgIpc) is 2.66. The summed E-state index contributed by atoms with van der Waals surface area (Å²) in [5.41, 5.74) is 1.20. The molecule has 1 N–H and O–H groups in total. The van der Waals surface area contributed by atoms with Crippen molar-refractivity contribution in [3.63, 3.8) is 0 Å². The first-order valence-corrected chi connectivity index (χ1v) is 10.1. The SMILES string of the molecule is CC(C)(C)OC(=O)C=Cc1cnc2c(c1)CN(CCCN1CCOCC1)C(=O)N2. The first-order chi connectivity index (χ1) is 13.8. The maximum atomic E-state index is 12.3. The Labute approximate surface area is 171 Å². The van der Waals surface area contributed by atoms with Gasteiger partial charge in [-0.1, -0.05) is 0 Å². The molecule has 0 spiro atoms. The highest BCUT2D eigenvalue weighted by molar-refractivity contribution is 5.91. The molecule has 1 saturated heterocycles. The summed E-state index contributed by atoms with van der Waals surface area (Å²) >= 11 is 0. The van der Waals surface area contributed by atoms with Crippen molar-refractivity contribution in [1.82, 2.24) is 14.8 Å². The molecule has 0 aromatic carbocycles. The molecule has 0 atom stereocenters. The molecule has 0 aliphatic carbocycles. The summed E-state index contributed by atoms with van der Waals surface area (Å²) < 4.78 is 10.6. The zero-order valence-electron chi connectivity index (χ0n) is 17.4. The maximum absolute atomic E-state index is 12.3. The normalized spacial score (nSPS) is 17.9. The zero-order chi connectivity index (χ0) is 20.9. The fourth-order valence-electron chi connectivity index (χ4n) is 3.30. The summed E-state index contributed by atoms with van der Waals surface area (Å²) in [5.74, 6) is 0.183. The van der Waals surface area contributed by atoms with Gasteiger partial charge in [0.25, 0.3) is 0 Å². The summed E-state index contributed by atoms with van der Waals surface area (Å²) in [7, 11) is 0. The molecule has 2 aliphatic rings. The number of morpholine rings is 1. The summed E-state index contributed by atoms with van der Waals surface area (Å²) in [6.07, 6.45) is 5.62. The van der Waals surface area contributed by atoms with E-state index in [4.69, 9.17) is 9.47 Å². The van der Waals surface area contributed by atoms with Crippen LogP contribution >= 0.6 is 0 Å². The lowest BCUT2D eigenvalue weighted by atomic mass is 10.1. The van der Waals surface area contributed by atoms with Gasteiger partial charge in [0.2, 0.25) is 0 Å². The monoisotopic (exact) mass is 402 g/mol. The van der Waals surface area contributed by atoms with Crippen molar-refractivity contribution < 1.29 is 19.1 Å². The molecule has 0 bridgehead atoms. The summed E-state index contributed by atoms with van der Waals surface area (Å²) in [4.78, 5) is 32.7. The van der Waals surface area contributed by atoms with Gasteiger partial charge in [-0.2, -0.15) is 0 Å². The lowest BCUT2D eigenvalue weighted by molar-refractivity contribution is -0.148. The molecule has 3 heterocycles. The van der Waals surface area contributed by atoms with Crippen LogP contribution in [0.15, 0.2) is 18.3 Å². The van der Waals surface area contributed by atoms with Crippen LogP contribution in [-0.2, 0) is 20.8 Å². The first-order valence-electron chi connectivity index (χ1n) is 10.1. The topological polar surface area (TPSA) is 84.0 Å². The number of hydrogen-bond donors (Lipinski definition) is 1. The lowest BCUT2D eigenvalue weighted by Gasteiger charge is -2.31. The van der Waals surface area contributed by atoms with Crippen molar-refractivity contribution in [1.29, 1.82) is 0 Å². The minimum absolute atomic E-state index is 0.121. The first kappa shape index (κ1) is 21.3. The predicted molar refractivity (Wildman–Crippen MR) is 110 cm³/mol. The summed E-state index contributed by atoms with van der Waals surface area (Å²) in [6.45, 7) is 11.1. The fourth-order valence-corrected chi connectivity index (χ4v) is 3.30. The Balaban J connectivity index is 1.56. The van der Waals surface area contributed by atoms with Crippen molar-refractivity contribution in [2.45, 2.75) is 39.3 Å². The van der Waals surface area contributed by atoms with Gasteiger partial charge in [-0.15, -0.1) is 0 Å². The summed E-state index contributed by atoms with van der Waals surface area (Å²) in [5, 5.41) is 2.85. The molecule has 1 aromatic rings. The van der Waals surface area contributed by atoms with E-state index in [-0.39, 0.29) is 6.03 Å². The minimum Gasteiger partial charge on any atom is -0.457 e.